The smallest absolute Gasteiger partial charge is 0.319 e. The molecular formula is C20H24FN7O2. The molecule has 4 rings (SSSR count). The Morgan fingerprint density at radius 3 is 2.60 bits per heavy atom. The normalized spacial score (nSPS) is 22.5. The van der Waals surface area contributed by atoms with Gasteiger partial charge >= 0.3 is 6.03 Å². The molecule has 0 spiro atoms. The number of hydrogen-bond donors (Lipinski definition) is 4. The molecule has 1 aliphatic carbocycles. The molecule has 1 saturated carbocycles. The second-order valence-corrected chi connectivity index (χ2v) is 7.72. The molecule has 1 aliphatic heterocycles. The molecule has 1 aromatic carbocycles. The summed E-state index contributed by atoms with van der Waals surface area (Å²) in [7, 11) is 1.83. The third kappa shape index (κ3) is 3.98. The molecule has 1 unspecified atom stereocenters. The Hall–Kier alpha value is -3.43. The lowest BCUT2D eigenvalue weighted by atomic mass is 9.87. The number of nitrogens with one attached hydrogen (secondary N) is 4. The van der Waals surface area contributed by atoms with Crippen molar-refractivity contribution in [2.45, 2.75) is 44.8 Å². The number of amides is 3. The van der Waals surface area contributed by atoms with Crippen LogP contribution in [0.4, 0.5) is 32.3 Å². The molecule has 1 aromatic heterocycles. The first-order valence-electron chi connectivity index (χ1n) is 9.82. The van der Waals surface area contributed by atoms with Crippen LogP contribution in [0, 0.1) is 12.7 Å². The average Bonchev–Trinajstić information content (AvgIpc) is 2.67. The van der Waals surface area contributed by atoms with Gasteiger partial charge in [0.15, 0.2) is 5.82 Å². The van der Waals surface area contributed by atoms with Crippen LogP contribution >= 0.6 is 0 Å². The van der Waals surface area contributed by atoms with Gasteiger partial charge in [-0.15, -0.1) is 0 Å². The van der Waals surface area contributed by atoms with E-state index in [9.17, 15) is 14.0 Å². The zero-order chi connectivity index (χ0) is 21.4. The van der Waals surface area contributed by atoms with E-state index < -0.39 is 0 Å². The van der Waals surface area contributed by atoms with Crippen molar-refractivity contribution in [3.05, 3.63) is 35.8 Å². The van der Waals surface area contributed by atoms with Crippen LogP contribution in [-0.2, 0) is 4.79 Å². The number of anilines is 4. The molecule has 3 amide bonds. The van der Waals surface area contributed by atoms with Gasteiger partial charge in [-0.05, 0) is 51.0 Å². The third-order valence-electron chi connectivity index (χ3n) is 5.52. The Kier molecular flexibility index (Phi) is 5.15. The molecule has 0 radical (unpaired) electrons. The number of halogens is 1. The van der Waals surface area contributed by atoms with Gasteiger partial charge in [0, 0.05) is 24.8 Å². The largest absolute Gasteiger partial charge is 0.351 e. The number of rotatable bonds is 4. The molecule has 30 heavy (non-hydrogen) atoms. The van der Waals surface area contributed by atoms with Crippen molar-refractivity contribution in [3.8, 4) is 0 Å². The third-order valence-corrected chi connectivity index (χ3v) is 5.52. The zero-order valence-corrected chi connectivity index (χ0v) is 17.0. The number of urea groups is 1. The zero-order valence-electron chi connectivity index (χ0n) is 17.0. The molecule has 158 valence electrons. The Morgan fingerprint density at radius 1 is 1.20 bits per heavy atom. The number of hydrogen-bond acceptors (Lipinski definition) is 6. The number of benzene rings is 1. The molecule has 2 aromatic rings. The maximum Gasteiger partial charge on any atom is 0.319 e. The SMILES string of the molecule is Cc1nc(NC2CC(NC(=O)Nc3ccc(F)cc3)C2)nc2c1NC(=O)C(C)N2C. The number of likely N-dealkylation sites (N-methyl/N-ethyl adjacent to an activating group) is 1. The molecule has 10 heteroatoms. The number of aromatic nitrogens is 2. The molecule has 2 aliphatic rings. The van der Waals surface area contributed by atoms with Gasteiger partial charge in [0.1, 0.15) is 17.5 Å². The summed E-state index contributed by atoms with van der Waals surface area (Å²) in [4.78, 5) is 34.9. The van der Waals surface area contributed by atoms with Crippen molar-refractivity contribution < 1.29 is 14.0 Å². The highest BCUT2D eigenvalue weighted by atomic mass is 19.1. The van der Waals surface area contributed by atoms with Crippen molar-refractivity contribution in [1.82, 2.24) is 15.3 Å². The number of fused-ring (bicyclic) bond motifs is 1. The van der Waals surface area contributed by atoms with Crippen molar-refractivity contribution in [3.63, 3.8) is 0 Å². The maximum atomic E-state index is 12.9. The van der Waals surface area contributed by atoms with Crippen LogP contribution in [0.15, 0.2) is 24.3 Å². The van der Waals surface area contributed by atoms with Gasteiger partial charge in [-0.3, -0.25) is 4.79 Å². The van der Waals surface area contributed by atoms with E-state index in [0.29, 0.717) is 28.8 Å². The van der Waals surface area contributed by atoms with Crippen LogP contribution in [0.5, 0.6) is 0 Å². The van der Waals surface area contributed by atoms with Crippen molar-refractivity contribution >= 4 is 35.1 Å². The van der Waals surface area contributed by atoms with Crippen LogP contribution in [0.25, 0.3) is 0 Å². The Labute approximate surface area is 173 Å². The molecule has 1 fully saturated rings. The lowest BCUT2D eigenvalue weighted by Crippen LogP contribution is -2.51. The van der Waals surface area contributed by atoms with Crippen molar-refractivity contribution in [1.29, 1.82) is 0 Å². The minimum Gasteiger partial charge on any atom is -0.351 e. The lowest BCUT2D eigenvalue weighted by Gasteiger charge is -2.37. The Balaban J connectivity index is 1.31. The summed E-state index contributed by atoms with van der Waals surface area (Å²) in [5.41, 5.74) is 1.87. The molecule has 1 atom stereocenters. The number of aryl methyl sites for hydroxylation is 1. The summed E-state index contributed by atoms with van der Waals surface area (Å²) in [5, 5.41) is 11.7. The van der Waals surface area contributed by atoms with E-state index in [1.54, 1.807) is 0 Å². The average molecular weight is 413 g/mol. The van der Waals surface area contributed by atoms with Gasteiger partial charge in [-0.1, -0.05) is 0 Å². The van der Waals surface area contributed by atoms with Crippen molar-refractivity contribution in [2.75, 3.05) is 27.9 Å². The summed E-state index contributed by atoms with van der Waals surface area (Å²) in [5.74, 6) is 0.756. The van der Waals surface area contributed by atoms with Gasteiger partial charge < -0.3 is 26.2 Å². The van der Waals surface area contributed by atoms with E-state index in [1.165, 1.54) is 24.3 Å². The second-order valence-electron chi connectivity index (χ2n) is 7.72. The molecule has 4 N–H and O–H groups in total. The summed E-state index contributed by atoms with van der Waals surface area (Å²) < 4.78 is 12.9. The first-order valence-corrected chi connectivity index (χ1v) is 9.82. The van der Waals surface area contributed by atoms with E-state index in [4.69, 9.17) is 0 Å². The highest BCUT2D eigenvalue weighted by molar-refractivity contribution is 6.03. The maximum absolute atomic E-state index is 12.9. The minimum absolute atomic E-state index is 0.0312. The van der Waals surface area contributed by atoms with E-state index >= 15 is 0 Å². The highest BCUT2D eigenvalue weighted by Crippen LogP contribution is 2.33. The second kappa shape index (κ2) is 7.77. The summed E-state index contributed by atoms with van der Waals surface area (Å²) in [6.07, 6.45) is 1.47. The Bertz CT molecular complexity index is 976. The molecule has 0 bridgehead atoms. The van der Waals surface area contributed by atoms with Crippen LogP contribution in [-0.4, -0.2) is 47.1 Å². The first kappa shape index (κ1) is 19.9. The van der Waals surface area contributed by atoms with Crippen LogP contribution in [0.2, 0.25) is 0 Å². The van der Waals surface area contributed by atoms with Gasteiger partial charge in [0.25, 0.3) is 0 Å². The predicted molar refractivity (Wildman–Crippen MR) is 112 cm³/mol. The summed E-state index contributed by atoms with van der Waals surface area (Å²) >= 11 is 0. The molecule has 2 heterocycles. The van der Waals surface area contributed by atoms with E-state index in [2.05, 4.69) is 31.2 Å². The standard InChI is InChI=1S/C20H24FN7O2/c1-10-16-17(28(3)11(2)18(29)26-16)27-19(22-10)23-14-8-15(9-14)25-20(30)24-13-6-4-12(21)5-7-13/h4-7,11,14-15H,8-9H2,1-3H3,(H,26,29)(H,22,23,27)(H2,24,25,30). The predicted octanol–water partition coefficient (Wildman–Crippen LogP) is 2.47. The van der Waals surface area contributed by atoms with Gasteiger partial charge in [0.2, 0.25) is 11.9 Å². The van der Waals surface area contributed by atoms with Gasteiger partial charge in [-0.2, -0.15) is 4.98 Å². The minimum atomic E-state index is -0.350. The van der Waals surface area contributed by atoms with E-state index in [-0.39, 0.29) is 35.9 Å². The van der Waals surface area contributed by atoms with Crippen LogP contribution in [0.1, 0.15) is 25.5 Å². The van der Waals surface area contributed by atoms with Crippen LogP contribution in [0.3, 0.4) is 0 Å². The fraction of sp³-hybridized carbons (Fsp3) is 0.400. The summed E-state index contributed by atoms with van der Waals surface area (Å²) in [6.45, 7) is 3.66. The monoisotopic (exact) mass is 413 g/mol. The fourth-order valence-electron chi connectivity index (χ4n) is 3.53. The van der Waals surface area contributed by atoms with Crippen molar-refractivity contribution in [2.24, 2.45) is 0 Å². The molecule has 0 saturated heterocycles. The molecule has 9 nitrogen and oxygen atoms in total. The van der Waals surface area contributed by atoms with E-state index in [0.717, 1.165) is 12.8 Å². The quantitative estimate of drug-likeness (QED) is 0.613. The summed E-state index contributed by atoms with van der Waals surface area (Å²) in [6, 6.07) is 5.15. The van der Waals surface area contributed by atoms with E-state index in [1.807, 2.05) is 25.8 Å². The lowest BCUT2D eigenvalue weighted by molar-refractivity contribution is -0.117. The fourth-order valence-corrected chi connectivity index (χ4v) is 3.53. The number of nitrogens with zero attached hydrogens (tertiary/aromatic N) is 3. The Morgan fingerprint density at radius 2 is 1.90 bits per heavy atom. The van der Waals surface area contributed by atoms with Crippen LogP contribution < -0.4 is 26.2 Å². The van der Waals surface area contributed by atoms with Gasteiger partial charge in [0.05, 0.1) is 5.69 Å². The van der Waals surface area contributed by atoms with Gasteiger partial charge in [-0.25, -0.2) is 14.2 Å². The topological polar surface area (TPSA) is 111 Å². The highest BCUT2D eigenvalue weighted by Gasteiger charge is 2.33. The number of carbonyl (C=O) groups excluding carboxylic acids is 2. The number of carbonyl (C=O) groups is 2. The molecular weight excluding hydrogens is 389 g/mol. The first-order chi connectivity index (χ1) is 14.3.